The molecule has 0 radical (unpaired) electrons. The van der Waals surface area contributed by atoms with Gasteiger partial charge in [-0.05, 0) is 45.4 Å². The van der Waals surface area contributed by atoms with E-state index in [1.54, 1.807) is 13.8 Å². The molecule has 0 aromatic heterocycles. The highest BCUT2D eigenvalue weighted by Crippen LogP contribution is 2.18. The van der Waals surface area contributed by atoms with Crippen molar-refractivity contribution in [2.45, 2.75) is 38.8 Å². The van der Waals surface area contributed by atoms with Crippen LogP contribution in [0.25, 0.3) is 0 Å². The molecule has 1 heterocycles. The van der Waals surface area contributed by atoms with E-state index in [-0.39, 0.29) is 35.8 Å². The molecule has 1 fully saturated rings. The number of nitrogens with zero attached hydrogens (tertiary/aromatic N) is 2. The first-order valence-electron chi connectivity index (χ1n) is 7.87. The summed E-state index contributed by atoms with van der Waals surface area (Å²) in [7, 11) is 0. The van der Waals surface area contributed by atoms with E-state index in [4.69, 9.17) is 4.74 Å². The first-order chi connectivity index (χ1) is 11.4. The highest BCUT2D eigenvalue weighted by molar-refractivity contribution is 5.89. The van der Waals surface area contributed by atoms with Gasteiger partial charge in [0.05, 0.1) is 17.5 Å². The Morgan fingerprint density at radius 1 is 1.38 bits per heavy atom. The van der Waals surface area contributed by atoms with Gasteiger partial charge in [-0.1, -0.05) is 0 Å². The van der Waals surface area contributed by atoms with Crippen LogP contribution in [0.2, 0.25) is 0 Å². The van der Waals surface area contributed by atoms with E-state index in [1.165, 1.54) is 29.2 Å². The quantitative estimate of drug-likeness (QED) is 0.631. The monoisotopic (exact) mass is 335 g/mol. The molecule has 0 unspecified atom stereocenters. The number of Topliss-reactive ketones (excluding diaryl/α,β-unsaturated/α-hetero) is 1. The minimum atomic E-state index is -0.648. The van der Waals surface area contributed by atoms with Crippen LogP contribution in [0.15, 0.2) is 24.3 Å². The van der Waals surface area contributed by atoms with Crippen LogP contribution in [0.1, 0.15) is 26.7 Å². The van der Waals surface area contributed by atoms with Gasteiger partial charge in [0.15, 0.2) is 5.78 Å². The molecule has 1 aliphatic heterocycles. The zero-order valence-electron chi connectivity index (χ0n) is 13.7. The zero-order chi connectivity index (χ0) is 17.7. The number of carbonyl (C=O) groups excluding carboxylic acids is 2. The molecule has 24 heavy (non-hydrogen) atoms. The van der Waals surface area contributed by atoms with Gasteiger partial charge in [-0.3, -0.25) is 19.8 Å². The molecule has 1 amide bonds. The van der Waals surface area contributed by atoms with Crippen molar-refractivity contribution < 1.29 is 19.2 Å². The van der Waals surface area contributed by atoms with Gasteiger partial charge in [-0.2, -0.15) is 0 Å². The molecule has 1 aliphatic rings. The molecule has 0 spiro atoms. The molecule has 1 atom stereocenters. The predicted octanol–water partition coefficient (Wildman–Crippen LogP) is 2.13. The molecule has 0 bridgehead atoms. The summed E-state index contributed by atoms with van der Waals surface area (Å²) < 4.78 is 5.23. The molecule has 1 N–H and O–H groups in total. The number of hydrogen-bond donors (Lipinski definition) is 1. The number of nitro benzene ring substituents is 1. The third-order valence-corrected chi connectivity index (χ3v) is 3.89. The number of ether oxygens (including phenoxy) is 1. The molecule has 0 aliphatic carbocycles. The number of nitro groups is 1. The number of ketones is 1. The second-order valence-corrected chi connectivity index (χ2v) is 5.96. The number of benzene rings is 1. The average Bonchev–Trinajstić information content (AvgIpc) is 3.07. The van der Waals surface area contributed by atoms with Crippen molar-refractivity contribution in [1.82, 2.24) is 10.2 Å². The Hall–Kier alpha value is -2.48. The van der Waals surface area contributed by atoms with Crippen molar-refractivity contribution in [3.63, 3.8) is 0 Å². The number of amides is 1. The standard InChI is InChI=1S/C16H21N3O5/c1-11(2)18(10-15(20)14-4-3-9-17-14)16(21)24-13-7-5-12(6-8-13)19(22)23/h5-8,11,14,17H,3-4,9-10H2,1-2H3/t14-/m1/s1. The maximum Gasteiger partial charge on any atom is 0.415 e. The summed E-state index contributed by atoms with van der Waals surface area (Å²) in [4.78, 5) is 36.0. The van der Waals surface area contributed by atoms with Crippen LogP contribution in [-0.4, -0.2) is 46.9 Å². The largest absolute Gasteiger partial charge is 0.415 e. The Bertz CT molecular complexity index is 609. The average molecular weight is 335 g/mol. The Kier molecular flexibility index (Phi) is 5.86. The second kappa shape index (κ2) is 7.87. The highest BCUT2D eigenvalue weighted by Gasteiger charge is 2.28. The van der Waals surface area contributed by atoms with Crippen LogP contribution < -0.4 is 10.1 Å². The fraction of sp³-hybridized carbons (Fsp3) is 0.500. The third kappa shape index (κ3) is 4.51. The molecule has 2 rings (SSSR count). The van der Waals surface area contributed by atoms with Crippen LogP contribution in [0.3, 0.4) is 0 Å². The maximum absolute atomic E-state index is 12.3. The molecular formula is C16H21N3O5. The number of nitrogens with one attached hydrogen (secondary N) is 1. The second-order valence-electron chi connectivity index (χ2n) is 5.96. The first kappa shape index (κ1) is 17.9. The summed E-state index contributed by atoms with van der Waals surface area (Å²) in [6.45, 7) is 4.38. The number of hydrogen-bond acceptors (Lipinski definition) is 6. The highest BCUT2D eigenvalue weighted by atomic mass is 16.6. The van der Waals surface area contributed by atoms with E-state index in [0.717, 1.165) is 19.4 Å². The molecule has 0 saturated carbocycles. The van der Waals surface area contributed by atoms with Gasteiger partial charge in [0, 0.05) is 18.2 Å². The van der Waals surface area contributed by atoms with Crippen molar-refractivity contribution in [3.05, 3.63) is 34.4 Å². The van der Waals surface area contributed by atoms with Gasteiger partial charge in [-0.25, -0.2) is 4.79 Å². The van der Waals surface area contributed by atoms with E-state index in [9.17, 15) is 19.7 Å². The van der Waals surface area contributed by atoms with Gasteiger partial charge in [0.25, 0.3) is 5.69 Å². The fourth-order valence-corrected chi connectivity index (χ4v) is 2.49. The van der Waals surface area contributed by atoms with Gasteiger partial charge in [0.2, 0.25) is 0 Å². The fourth-order valence-electron chi connectivity index (χ4n) is 2.49. The summed E-state index contributed by atoms with van der Waals surface area (Å²) in [5.41, 5.74) is -0.0852. The first-order valence-corrected chi connectivity index (χ1v) is 7.87. The Morgan fingerprint density at radius 2 is 2.04 bits per heavy atom. The van der Waals surface area contributed by atoms with Crippen molar-refractivity contribution in [2.75, 3.05) is 13.1 Å². The zero-order valence-corrected chi connectivity index (χ0v) is 13.7. The minimum Gasteiger partial charge on any atom is -0.410 e. The summed E-state index contributed by atoms with van der Waals surface area (Å²) in [5.74, 6) is 0.157. The van der Waals surface area contributed by atoms with Crippen molar-refractivity contribution in [2.24, 2.45) is 0 Å². The SMILES string of the molecule is CC(C)N(CC(=O)[C@H]1CCCN1)C(=O)Oc1ccc([N+](=O)[O-])cc1. The minimum absolute atomic E-state index is 0.0266. The van der Waals surface area contributed by atoms with Gasteiger partial charge >= 0.3 is 6.09 Å². The van der Waals surface area contributed by atoms with E-state index in [2.05, 4.69) is 5.32 Å². The van der Waals surface area contributed by atoms with E-state index in [1.807, 2.05) is 0 Å². The molecule has 8 heteroatoms. The number of non-ortho nitro benzene ring substituents is 1. The molecule has 1 aromatic rings. The van der Waals surface area contributed by atoms with E-state index >= 15 is 0 Å². The van der Waals surface area contributed by atoms with Crippen LogP contribution in [-0.2, 0) is 4.79 Å². The van der Waals surface area contributed by atoms with Crippen LogP contribution in [0.5, 0.6) is 5.75 Å². The van der Waals surface area contributed by atoms with E-state index < -0.39 is 11.0 Å². The van der Waals surface area contributed by atoms with Gasteiger partial charge in [-0.15, -0.1) is 0 Å². The number of carbonyl (C=O) groups is 2. The van der Waals surface area contributed by atoms with Crippen molar-refractivity contribution >= 4 is 17.6 Å². The van der Waals surface area contributed by atoms with Crippen LogP contribution >= 0.6 is 0 Å². The number of rotatable bonds is 6. The normalized spacial score (nSPS) is 16.9. The molecule has 130 valence electrons. The Morgan fingerprint density at radius 3 is 2.54 bits per heavy atom. The van der Waals surface area contributed by atoms with Gasteiger partial charge in [0.1, 0.15) is 5.75 Å². The van der Waals surface area contributed by atoms with Crippen LogP contribution in [0.4, 0.5) is 10.5 Å². The maximum atomic E-state index is 12.3. The lowest BCUT2D eigenvalue weighted by Gasteiger charge is -2.26. The van der Waals surface area contributed by atoms with Crippen LogP contribution in [0, 0.1) is 10.1 Å². The third-order valence-electron chi connectivity index (χ3n) is 3.89. The summed E-state index contributed by atoms with van der Waals surface area (Å²) in [6, 6.07) is 4.81. The Balaban J connectivity index is 2.00. The summed E-state index contributed by atoms with van der Waals surface area (Å²) >= 11 is 0. The van der Waals surface area contributed by atoms with Gasteiger partial charge < -0.3 is 10.1 Å². The lowest BCUT2D eigenvalue weighted by molar-refractivity contribution is -0.384. The molecule has 1 saturated heterocycles. The van der Waals surface area contributed by atoms with Crippen molar-refractivity contribution in [3.8, 4) is 5.75 Å². The lowest BCUT2D eigenvalue weighted by atomic mass is 10.1. The molecular weight excluding hydrogens is 314 g/mol. The topological polar surface area (TPSA) is 102 Å². The molecule has 1 aromatic carbocycles. The predicted molar refractivity (Wildman–Crippen MR) is 87.0 cm³/mol. The lowest BCUT2D eigenvalue weighted by Crippen LogP contribution is -2.46. The summed E-state index contributed by atoms with van der Waals surface area (Å²) in [6.07, 6.45) is 1.08. The van der Waals surface area contributed by atoms with Crippen molar-refractivity contribution in [1.29, 1.82) is 0 Å². The van der Waals surface area contributed by atoms with E-state index in [0.29, 0.717) is 0 Å². The Labute approximate surface area is 139 Å². The summed E-state index contributed by atoms with van der Waals surface area (Å²) in [5, 5.41) is 13.7. The molecule has 8 nitrogen and oxygen atoms in total. The smallest absolute Gasteiger partial charge is 0.410 e.